The third-order valence-electron chi connectivity index (χ3n) is 3.37. The van der Waals surface area contributed by atoms with Gasteiger partial charge in [0.2, 0.25) is 0 Å². The molecule has 0 aromatic carbocycles. The van der Waals surface area contributed by atoms with Crippen LogP contribution in [0.15, 0.2) is 0 Å². The van der Waals surface area contributed by atoms with E-state index in [1.54, 1.807) is 0 Å². The first-order valence-electron chi connectivity index (χ1n) is 5.45. The van der Waals surface area contributed by atoms with Crippen molar-refractivity contribution in [2.24, 2.45) is 5.92 Å². The van der Waals surface area contributed by atoms with E-state index in [1.165, 1.54) is 0 Å². The van der Waals surface area contributed by atoms with Crippen LogP contribution in [0.1, 0.15) is 32.1 Å². The van der Waals surface area contributed by atoms with E-state index in [-0.39, 0.29) is 5.92 Å². The molecule has 2 rings (SSSR count). The van der Waals surface area contributed by atoms with Gasteiger partial charge in [0.05, 0.1) is 12.0 Å². The van der Waals surface area contributed by atoms with Gasteiger partial charge in [-0.1, -0.05) is 0 Å². The van der Waals surface area contributed by atoms with Gasteiger partial charge in [-0.15, -0.1) is 0 Å². The molecule has 0 N–H and O–H groups in total. The van der Waals surface area contributed by atoms with Crippen LogP contribution in [0.3, 0.4) is 0 Å². The molecule has 0 spiro atoms. The van der Waals surface area contributed by atoms with Crippen molar-refractivity contribution in [3.63, 3.8) is 0 Å². The Morgan fingerprint density at radius 3 is 2.93 bits per heavy atom. The van der Waals surface area contributed by atoms with Crippen LogP contribution in [-0.4, -0.2) is 29.8 Å². The summed E-state index contributed by atoms with van der Waals surface area (Å²) in [6, 6.07) is 2.76. The number of hydrogen-bond donors (Lipinski definition) is 0. The van der Waals surface area contributed by atoms with Crippen LogP contribution < -0.4 is 0 Å². The predicted molar refractivity (Wildman–Crippen MR) is 52.6 cm³/mol. The fraction of sp³-hybridized carbons (Fsp3) is 0.818. The van der Waals surface area contributed by atoms with E-state index in [1.807, 2.05) is 0 Å². The van der Waals surface area contributed by atoms with Crippen molar-refractivity contribution in [1.82, 2.24) is 4.90 Å². The van der Waals surface area contributed by atoms with E-state index in [2.05, 4.69) is 11.0 Å². The second-order valence-electron chi connectivity index (χ2n) is 4.40. The standard InChI is InChI=1S/C11H16N2O/c12-7-9-4-5-13(8-9)10-2-1-3-11(14)6-10/h9-10H,1-6,8H2. The van der Waals surface area contributed by atoms with E-state index in [0.717, 1.165) is 45.2 Å². The molecular weight excluding hydrogens is 176 g/mol. The highest BCUT2D eigenvalue weighted by Gasteiger charge is 2.30. The summed E-state index contributed by atoms with van der Waals surface area (Å²) in [6.45, 7) is 1.89. The first kappa shape index (κ1) is 9.67. The van der Waals surface area contributed by atoms with Crippen molar-refractivity contribution in [3.8, 4) is 6.07 Å². The van der Waals surface area contributed by atoms with Gasteiger partial charge in [-0.05, 0) is 25.8 Å². The normalized spacial score (nSPS) is 34.4. The van der Waals surface area contributed by atoms with Crippen molar-refractivity contribution in [1.29, 1.82) is 5.26 Å². The zero-order valence-corrected chi connectivity index (χ0v) is 8.41. The Bertz CT molecular complexity index is 269. The van der Waals surface area contributed by atoms with Gasteiger partial charge >= 0.3 is 0 Å². The maximum Gasteiger partial charge on any atom is 0.134 e. The molecule has 3 nitrogen and oxygen atoms in total. The average molecular weight is 192 g/mol. The van der Waals surface area contributed by atoms with E-state index in [0.29, 0.717) is 11.8 Å². The summed E-state index contributed by atoms with van der Waals surface area (Å²) in [6.07, 6.45) is 4.66. The molecule has 1 saturated heterocycles. The monoisotopic (exact) mass is 192 g/mol. The molecule has 0 aromatic rings. The molecule has 0 bridgehead atoms. The molecule has 0 amide bonds. The molecule has 3 heteroatoms. The number of ketones is 1. The highest BCUT2D eigenvalue weighted by Crippen LogP contribution is 2.25. The summed E-state index contributed by atoms with van der Waals surface area (Å²) in [5.41, 5.74) is 0. The van der Waals surface area contributed by atoms with Gasteiger partial charge in [-0.3, -0.25) is 9.69 Å². The molecule has 1 saturated carbocycles. The third-order valence-corrected chi connectivity index (χ3v) is 3.37. The van der Waals surface area contributed by atoms with Crippen LogP contribution >= 0.6 is 0 Å². The molecule has 2 aliphatic rings. The molecule has 0 aromatic heterocycles. The van der Waals surface area contributed by atoms with Crippen LogP contribution in [0.4, 0.5) is 0 Å². The average Bonchev–Trinajstić information content (AvgIpc) is 2.66. The van der Waals surface area contributed by atoms with Crippen molar-refractivity contribution in [3.05, 3.63) is 0 Å². The van der Waals surface area contributed by atoms with E-state index in [4.69, 9.17) is 5.26 Å². The van der Waals surface area contributed by atoms with Crippen LogP contribution in [0.25, 0.3) is 0 Å². The zero-order valence-electron chi connectivity index (χ0n) is 8.41. The largest absolute Gasteiger partial charge is 0.300 e. The third kappa shape index (κ3) is 1.96. The van der Waals surface area contributed by atoms with E-state index >= 15 is 0 Å². The number of rotatable bonds is 1. The van der Waals surface area contributed by atoms with Gasteiger partial charge in [-0.2, -0.15) is 5.26 Å². The lowest BCUT2D eigenvalue weighted by molar-refractivity contribution is -0.121. The Balaban J connectivity index is 1.90. The van der Waals surface area contributed by atoms with Gasteiger partial charge < -0.3 is 0 Å². The lowest BCUT2D eigenvalue weighted by Crippen LogP contribution is -2.37. The maximum absolute atomic E-state index is 11.3. The summed E-state index contributed by atoms with van der Waals surface area (Å²) in [7, 11) is 0. The highest BCUT2D eigenvalue weighted by atomic mass is 16.1. The van der Waals surface area contributed by atoms with Gasteiger partial charge in [0.15, 0.2) is 0 Å². The Hall–Kier alpha value is -0.880. The minimum atomic E-state index is 0.201. The number of nitrogens with zero attached hydrogens (tertiary/aromatic N) is 2. The maximum atomic E-state index is 11.3. The minimum absolute atomic E-state index is 0.201. The summed E-state index contributed by atoms with van der Waals surface area (Å²) in [5.74, 6) is 0.605. The van der Waals surface area contributed by atoms with Gasteiger partial charge in [-0.25, -0.2) is 0 Å². The second kappa shape index (κ2) is 4.10. The van der Waals surface area contributed by atoms with E-state index in [9.17, 15) is 4.79 Å². The van der Waals surface area contributed by atoms with Gasteiger partial charge in [0, 0.05) is 25.4 Å². The molecule has 2 fully saturated rings. The number of nitriles is 1. The zero-order chi connectivity index (χ0) is 9.97. The Labute approximate surface area is 84.7 Å². The number of carbonyl (C=O) groups excluding carboxylic acids is 1. The summed E-state index contributed by atoms with van der Waals surface area (Å²) in [4.78, 5) is 13.6. The number of carbonyl (C=O) groups is 1. The Kier molecular flexibility index (Phi) is 2.83. The SMILES string of the molecule is N#CC1CCN(C2CCCC(=O)C2)C1. The smallest absolute Gasteiger partial charge is 0.134 e. The van der Waals surface area contributed by atoms with Crippen LogP contribution in [-0.2, 0) is 4.79 Å². The second-order valence-corrected chi connectivity index (χ2v) is 4.40. The first-order chi connectivity index (χ1) is 6.79. The van der Waals surface area contributed by atoms with E-state index < -0.39 is 0 Å². The van der Waals surface area contributed by atoms with Gasteiger partial charge in [0.25, 0.3) is 0 Å². The molecule has 2 atom stereocenters. The molecule has 76 valence electrons. The van der Waals surface area contributed by atoms with Gasteiger partial charge in [0.1, 0.15) is 5.78 Å². The molecule has 0 radical (unpaired) electrons. The Morgan fingerprint density at radius 2 is 2.29 bits per heavy atom. The number of hydrogen-bond acceptors (Lipinski definition) is 3. The summed E-state index contributed by atoms with van der Waals surface area (Å²) in [5, 5.41) is 8.79. The molecular formula is C11H16N2O. The first-order valence-corrected chi connectivity index (χ1v) is 5.45. The van der Waals surface area contributed by atoms with Crippen LogP contribution in [0, 0.1) is 17.2 Å². The topological polar surface area (TPSA) is 44.1 Å². The number of likely N-dealkylation sites (tertiary alicyclic amines) is 1. The molecule has 14 heavy (non-hydrogen) atoms. The quantitative estimate of drug-likeness (QED) is 0.629. The lowest BCUT2D eigenvalue weighted by atomic mass is 9.93. The molecule has 1 aliphatic carbocycles. The van der Waals surface area contributed by atoms with Crippen LogP contribution in [0.5, 0.6) is 0 Å². The Morgan fingerprint density at radius 1 is 1.43 bits per heavy atom. The fourth-order valence-electron chi connectivity index (χ4n) is 2.54. The van der Waals surface area contributed by atoms with Crippen molar-refractivity contribution in [2.75, 3.05) is 13.1 Å². The summed E-state index contributed by atoms with van der Waals surface area (Å²) < 4.78 is 0. The van der Waals surface area contributed by atoms with Crippen molar-refractivity contribution >= 4 is 5.78 Å². The van der Waals surface area contributed by atoms with Crippen LogP contribution in [0.2, 0.25) is 0 Å². The summed E-state index contributed by atoms with van der Waals surface area (Å²) >= 11 is 0. The molecule has 1 aliphatic heterocycles. The van der Waals surface area contributed by atoms with Crippen molar-refractivity contribution in [2.45, 2.75) is 38.1 Å². The fourth-order valence-corrected chi connectivity index (χ4v) is 2.54. The van der Waals surface area contributed by atoms with Crippen molar-refractivity contribution < 1.29 is 4.79 Å². The highest BCUT2D eigenvalue weighted by molar-refractivity contribution is 5.79. The predicted octanol–water partition coefficient (Wildman–Crippen LogP) is 1.34. The lowest BCUT2D eigenvalue weighted by Gasteiger charge is -2.29. The minimum Gasteiger partial charge on any atom is -0.300 e. The molecule has 1 heterocycles. The number of Topliss-reactive ketones (excluding diaryl/α,β-unsaturated/α-hetero) is 1. The molecule has 2 unspecified atom stereocenters.